The van der Waals surface area contributed by atoms with Crippen LogP contribution < -0.4 is 0 Å². The first kappa shape index (κ1) is 54.7. The molecule has 0 spiro atoms. The molecule has 1 unspecified atom stereocenters. The molecule has 1 fully saturated rings. The highest BCUT2D eigenvalue weighted by molar-refractivity contribution is 8.13. The third-order valence-electron chi connectivity index (χ3n) is 12.4. The van der Waals surface area contributed by atoms with Gasteiger partial charge in [-0.2, -0.15) is 0 Å². The van der Waals surface area contributed by atoms with E-state index < -0.39 is 0 Å². The minimum Gasteiger partial charge on any atom is -0.462 e. The van der Waals surface area contributed by atoms with Crippen molar-refractivity contribution in [3.8, 4) is 0 Å². The summed E-state index contributed by atoms with van der Waals surface area (Å²) in [6.07, 6.45) is 36.3. The Morgan fingerprint density at radius 2 is 0.983 bits per heavy atom. The van der Waals surface area contributed by atoms with Crippen LogP contribution in [0.5, 0.6) is 0 Å². The number of carbonyl (C=O) groups is 3. The number of hydrogen-bond donors (Lipinski definition) is 0. The Kier molecular flexibility index (Phi) is 36.5. The van der Waals surface area contributed by atoms with Gasteiger partial charge in [-0.15, -0.1) is 0 Å². The van der Waals surface area contributed by atoms with Gasteiger partial charge in [0.15, 0.2) is 0 Å². The molecule has 1 saturated heterocycles. The second-order valence-corrected chi connectivity index (χ2v) is 18.9. The number of amides is 1. The van der Waals surface area contributed by atoms with E-state index in [1.807, 2.05) is 0 Å². The molecule has 0 radical (unpaired) electrons. The summed E-state index contributed by atoms with van der Waals surface area (Å²) < 4.78 is 12.3. The highest BCUT2D eigenvalue weighted by Crippen LogP contribution is 2.26. The molecule has 0 N–H and O–H groups in total. The van der Waals surface area contributed by atoms with E-state index in [1.165, 1.54) is 127 Å². The SMILES string of the molecule is CCCCCCCC(CCCCCCC)OC(=O)CCCC(CCCC(=O)OC(CCCCCCC)CCCCCCC)N(CCC)C(=O)SCCC1CCCN1C. The minimum atomic E-state index is -0.0895. The lowest BCUT2D eigenvalue weighted by Crippen LogP contribution is -2.39. The van der Waals surface area contributed by atoms with Crippen molar-refractivity contribution in [2.24, 2.45) is 0 Å². The average Bonchev–Trinajstić information content (AvgIpc) is 3.62. The van der Waals surface area contributed by atoms with Crippen LogP contribution in [0.3, 0.4) is 0 Å². The summed E-state index contributed by atoms with van der Waals surface area (Å²) in [5, 5.41) is 0.148. The maximum atomic E-state index is 13.9. The lowest BCUT2D eigenvalue weighted by molar-refractivity contribution is -0.150. The number of thioether (sulfide) groups is 1. The normalized spacial score (nSPS) is 14.6. The van der Waals surface area contributed by atoms with E-state index >= 15 is 0 Å². The molecule has 1 atom stereocenters. The number of unbranched alkanes of at least 4 members (excludes halogenated alkanes) is 16. The number of rotatable bonds is 40. The summed E-state index contributed by atoms with van der Waals surface area (Å²) in [6.45, 7) is 13.0. The molecule has 7 nitrogen and oxygen atoms in total. The van der Waals surface area contributed by atoms with E-state index in [0.29, 0.717) is 38.3 Å². The maximum Gasteiger partial charge on any atom is 0.306 e. The molecule has 0 bridgehead atoms. The number of nitrogens with zero attached hydrogens (tertiary/aromatic N) is 2. The molecule has 1 aliphatic rings. The van der Waals surface area contributed by atoms with Crippen LogP contribution in [-0.4, -0.2) is 77.2 Å². The van der Waals surface area contributed by atoms with Crippen LogP contribution in [0.15, 0.2) is 0 Å². The van der Waals surface area contributed by atoms with Crippen molar-refractivity contribution in [2.45, 2.75) is 277 Å². The number of hydrogen-bond acceptors (Lipinski definition) is 7. The molecule has 0 aliphatic carbocycles. The topological polar surface area (TPSA) is 76.2 Å². The van der Waals surface area contributed by atoms with E-state index in [-0.39, 0.29) is 35.4 Å². The van der Waals surface area contributed by atoms with E-state index in [9.17, 15) is 14.4 Å². The Hall–Kier alpha value is -1.28. The molecule has 342 valence electrons. The Morgan fingerprint density at radius 1 is 0.569 bits per heavy atom. The summed E-state index contributed by atoms with van der Waals surface area (Å²) in [5.41, 5.74) is 0. The highest BCUT2D eigenvalue weighted by Gasteiger charge is 2.26. The van der Waals surface area contributed by atoms with E-state index in [4.69, 9.17) is 9.47 Å². The second-order valence-electron chi connectivity index (χ2n) is 17.8. The summed E-state index contributed by atoms with van der Waals surface area (Å²) >= 11 is 1.46. The van der Waals surface area contributed by atoms with Gasteiger partial charge in [-0.1, -0.05) is 149 Å². The van der Waals surface area contributed by atoms with Crippen molar-refractivity contribution in [3.05, 3.63) is 0 Å². The zero-order valence-electron chi connectivity index (χ0n) is 39.3. The van der Waals surface area contributed by atoms with Crippen molar-refractivity contribution < 1.29 is 23.9 Å². The van der Waals surface area contributed by atoms with Crippen LogP contribution in [0.25, 0.3) is 0 Å². The van der Waals surface area contributed by atoms with Crippen LogP contribution in [-0.2, 0) is 19.1 Å². The summed E-state index contributed by atoms with van der Waals surface area (Å²) in [6, 6.07) is 0.566. The smallest absolute Gasteiger partial charge is 0.306 e. The molecule has 0 saturated carbocycles. The Balaban J connectivity index is 2.90. The van der Waals surface area contributed by atoms with Gasteiger partial charge in [-0.05, 0) is 116 Å². The second kappa shape index (κ2) is 38.6. The fraction of sp³-hybridized carbons (Fsp3) is 0.940. The Morgan fingerprint density at radius 3 is 1.34 bits per heavy atom. The van der Waals surface area contributed by atoms with Crippen molar-refractivity contribution in [2.75, 3.05) is 25.9 Å². The van der Waals surface area contributed by atoms with Gasteiger partial charge in [0.05, 0.1) is 0 Å². The molecule has 1 rings (SSSR count). The van der Waals surface area contributed by atoms with Crippen LogP contribution in [0.4, 0.5) is 4.79 Å². The van der Waals surface area contributed by atoms with Crippen molar-refractivity contribution in [1.82, 2.24) is 9.80 Å². The van der Waals surface area contributed by atoms with Gasteiger partial charge in [-0.25, -0.2) is 0 Å². The third kappa shape index (κ3) is 29.1. The molecular formula is C50H96N2O5S. The van der Waals surface area contributed by atoms with Gasteiger partial charge in [0, 0.05) is 37.2 Å². The molecule has 0 aromatic rings. The van der Waals surface area contributed by atoms with E-state index in [2.05, 4.69) is 51.5 Å². The van der Waals surface area contributed by atoms with Crippen molar-refractivity contribution in [1.29, 1.82) is 0 Å². The zero-order valence-corrected chi connectivity index (χ0v) is 40.1. The first-order chi connectivity index (χ1) is 28.3. The molecule has 58 heavy (non-hydrogen) atoms. The Labute approximate surface area is 364 Å². The molecular weight excluding hydrogens is 741 g/mol. The minimum absolute atomic E-state index is 0.00411. The van der Waals surface area contributed by atoms with Crippen LogP contribution in [0.1, 0.15) is 253 Å². The quantitative estimate of drug-likeness (QED) is 0.0449. The van der Waals surface area contributed by atoms with Gasteiger partial charge >= 0.3 is 11.9 Å². The van der Waals surface area contributed by atoms with Gasteiger partial charge in [0.1, 0.15) is 12.2 Å². The van der Waals surface area contributed by atoms with Crippen molar-refractivity contribution in [3.63, 3.8) is 0 Å². The monoisotopic (exact) mass is 837 g/mol. The molecule has 0 aromatic heterocycles. The number of ether oxygens (including phenoxy) is 2. The highest BCUT2D eigenvalue weighted by atomic mass is 32.2. The first-order valence-electron chi connectivity index (χ1n) is 25.3. The van der Waals surface area contributed by atoms with Crippen molar-refractivity contribution >= 4 is 28.9 Å². The predicted molar refractivity (Wildman–Crippen MR) is 250 cm³/mol. The van der Waals surface area contributed by atoms with Gasteiger partial charge < -0.3 is 19.3 Å². The lowest BCUT2D eigenvalue weighted by Gasteiger charge is -2.32. The number of esters is 2. The summed E-state index contributed by atoms with van der Waals surface area (Å²) in [4.78, 5) is 45.0. The average molecular weight is 837 g/mol. The molecule has 0 aromatic carbocycles. The van der Waals surface area contributed by atoms with E-state index in [1.54, 1.807) is 0 Å². The largest absolute Gasteiger partial charge is 0.462 e. The van der Waals surface area contributed by atoms with Gasteiger partial charge in [0.2, 0.25) is 0 Å². The van der Waals surface area contributed by atoms with Crippen LogP contribution in [0.2, 0.25) is 0 Å². The maximum absolute atomic E-state index is 13.9. The van der Waals surface area contributed by atoms with Gasteiger partial charge in [-0.3, -0.25) is 14.4 Å². The molecule has 1 aliphatic heterocycles. The molecule has 1 heterocycles. The van der Waals surface area contributed by atoms with E-state index in [0.717, 1.165) is 89.3 Å². The lowest BCUT2D eigenvalue weighted by atomic mass is 10.0. The fourth-order valence-electron chi connectivity index (χ4n) is 8.71. The van der Waals surface area contributed by atoms with Gasteiger partial charge in [0.25, 0.3) is 5.24 Å². The predicted octanol–water partition coefficient (Wildman–Crippen LogP) is 15.0. The molecule has 8 heteroatoms. The summed E-state index contributed by atoms with van der Waals surface area (Å²) in [7, 11) is 2.20. The number of likely N-dealkylation sites (tertiary alicyclic amines) is 1. The zero-order chi connectivity index (χ0) is 42.5. The summed E-state index contributed by atoms with van der Waals surface area (Å²) in [5.74, 6) is 0.650. The van der Waals surface area contributed by atoms with Crippen LogP contribution in [0, 0.1) is 0 Å². The fourth-order valence-corrected chi connectivity index (χ4v) is 9.68. The van der Waals surface area contributed by atoms with Crippen LogP contribution >= 0.6 is 11.8 Å². The third-order valence-corrected chi connectivity index (χ3v) is 13.4. The number of carbonyl (C=O) groups excluding carboxylic acids is 3. The Bertz CT molecular complexity index is 902. The standard InChI is InChI=1S/C50H96N2O5S/c1-7-12-16-20-24-34-46(35-25-21-17-13-8-2)56-48(53)38-28-31-45(52(41-11-5)50(55)58-43-40-44-33-30-42-51(44)6)32-29-39-49(54)57-47(36-26-22-18-14-9-3)37-27-23-19-15-10-4/h44-47H,7-43H2,1-6H3. The first-order valence-corrected chi connectivity index (χ1v) is 26.3. The molecule has 1 amide bonds.